The molecule has 0 bridgehead atoms. The summed E-state index contributed by atoms with van der Waals surface area (Å²) in [6, 6.07) is 11.6. The number of phenols is 1. The predicted octanol–water partition coefficient (Wildman–Crippen LogP) is 2.52. The molecule has 1 aliphatic heterocycles. The number of halogens is 1. The quantitative estimate of drug-likeness (QED) is 0.880. The second kappa shape index (κ2) is 7.21. The van der Waals surface area contributed by atoms with Gasteiger partial charge in [0.1, 0.15) is 11.6 Å². The lowest BCUT2D eigenvalue weighted by molar-refractivity contribution is 0.0668. The molecule has 1 heterocycles. The Balaban J connectivity index is 1.56. The number of phenolic OH excluding ortho intramolecular Hbond substituents is 1. The molecule has 130 valence electrons. The van der Waals surface area contributed by atoms with E-state index >= 15 is 0 Å². The predicted molar refractivity (Wildman–Crippen MR) is 91.0 cm³/mol. The molecule has 2 aromatic carbocycles. The SMILES string of the molecule is O=C(Nc1ccc(F)cc1)N1CCN(C(=O)c2ccccc2O)CC1. The molecule has 6 nitrogen and oxygen atoms in total. The van der Waals surface area contributed by atoms with E-state index in [0.717, 1.165) is 0 Å². The maximum Gasteiger partial charge on any atom is 0.321 e. The Morgan fingerprint density at radius 1 is 0.920 bits per heavy atom. The first-order chi connectivity index (χ1) is 12.0. The number of carbonyl (C=O) groups excluding carboxylic acids is 2. The summed E-state index contributed by atoms with van der Waals surface area (Å²) in [5.74, 6) is -0.671. The van der Waals surface area contributed by atoms with Crippen LogP contribution in [-0.4, -0.2) is 53.0 Å². The number of hydrogen-bond acceptors (Lipinski definition) is 3. The van der Waals surface area contributed by atoms with E-state index in [1.165, 1.54) is 30.3 Å². The van der Waals surface area contributed by atoms with E-state index in [1.807, 2.05) is 0 Å². The number of aromatic hydroxyl groups is 1. The van der Waals surface area contributed by atoms with Crippen molar-refractivity contribution in [3.63, 3.8) is 0 Å². The van der Waals surface area contributed by atoms with Gasteiger partial charge in [0.05, 0.1) is 5.56 Å². The Bertz CT molecular complexity index is 771. The van der Waals surface area contributed by atoms with Crippen LogP contribution in [0, 0.1) is 5.82 Å². The topological polar surface area (TPSA) is 72.9 Å². The van der Waals surface area contributed by atoms with Crippen molar-refractivity contribution in [3.8, 4) is 5.75 Å². The van der Waals surface area contributed by atoms with Crippen LogP contribution in [0.3, 0.4) is 0 Å². The lowest BCUT2D eigenvalue weighted by Gasteiger charge is -2.34. The number of urea groups is 1. The van der Waals surface area contributed by atoms with Gasteiger partial charge in [-0.1, -0.05) is 12.1 Å². The summed E-state index contributed by atoms with van der Waals surface area (Å²) in [5, 5.41) is 12.5. The highest BCUT2D eigenvalue weighted by atomic mass is 19.1. The number of anilines is 1. The van der Waals surface area contributed by atoms with Gasteiger partial charge in [0.15, 0.2) is 0 Å². The van der Waals surface area contributed by atoms with Crippen LogP contribution in [0.25, 0.3) is 0 Å². The highest BCUT2D eigenvalue weighted by Crippen LogP contribution is 2.19. The van der Waals surface area contributed by atoms with E-state index in [1.54, 1.807) is 28.0 Å². The Labute approximate surface area is 144 Å². The zero-order chi connectivity index (χ0) is 17.8. The number of para-hydroxylation sites is 1. The number of carbonyl (C=O) groups is 2. The van der Waals surface area contributed by atoms with Crippen molar-refractivity contribution in [2.24, 2.45) is 0 Å². The first kappa shape index (κ1) is 16.8. The molecule has 0 aromatic heterocycles. The lowest BCUT2D eigenvalue weighted by Crippen LogP contribution is -2.51. The standard InChI is InChI=1S/C18H18FN3O3/c19-13-5-7-14(8-6-13)20-18(25)22-11-9-21(10-12-22)17(24)15-3-1-2-4-16(15)23/h1-8,23H,9-12H2,(H,20,25). The average Bonchev–Trinajstić information content (AvgIpc) is 2.63. The minimum absolute atomic E-state index is 0.0519. The maximum atomic E-state index is 12.9. The summed E-state index contributed by atoms with van der Waals surface area (Å²) in [6.07, 6.45) is 0. The third-order valence-corrected chi connectivity index (χ3v) is 4.08. The smallest absolute Gasteiger partial charge is 0.321 e. The van der Waals surface area contributed by atoms with Gasteiger partial charge in [-0.3, -0.25) is 4.79 Å². The van der Waals surface area contributed by atoms with Crippen molar-refractivity contribution in [1.82, 2.24) is 9.80 Å². The number of rotatable bonds is 2. The van der Waals surface area contributed by atoms with E-state index < -0.39 is 0 Å². The minimum Gasteiger partial charge on any atom is -0.507 e. The Hall–Kier alpha value is -3.09. The van der Waals surface area contributed by atoms with Crippen molar-refractivity contribution >= 4 is 17.6 Å². The average molecular weight is 343 g/mol. The van der Waals surface area contributed by atoms with Gasteiger partial charge in [-0.2, -0.15) is 0 Å². The third-order valence-electron chi connectivity index (χ3n) is 4.08. The van der Waals surface area contributed by atoms with Crippen LogP contribution in [-0.2, 0) is 0 Å². The number of amides is 3. The van der Waals surface area contributed by atoms with Crippen LogP contribution in [0.1, 0.15) is 10.4 Å². The molecule has 0 spiro atoms. The molecule has 25 heavy (non-hydrogen) atoms. The summed E-state index contributed by atoms with van der Waals surface area (Å²) in [6.45, 7) is 1.52. The summed E-state index contributed by atoms with van der Waals surface area (Å²) in [5.41, 5.74) is 0.769. The molecular formula is C18H18FN3O3. The number of hydrogen-bond donors (Lipinski definition) is 2. The minimum atomic E-state index is -0.366. The van der Waals surface area contributed by atoms with Crippen LogP contribution in [0.2, 0.25) is 0 Å². The van der Waals surface area contributed by atoms with Crippen molar-refractivity contribution in [3.05, 3.63) is 59.9 Å². The van der Waals surface area contributed by atoms with Crippen LogP contribution in [0.15, 0.2) is 48.5 Å². The fourth-order valence-corrected chi connectivity index (χ4v) is 2.67. The highest BCUT2D eigenvalue weighted by Gasteiger charge is 2.26. The first-order valence-electron chi connectivity index (χ1n) is 7.93. The number of nitrogens with zero attached hydrogens (tertiary/aromatic N) is 2. The molecule has 1 fully saturated rings. The summed E-state index contributed by atoms with van der Waals surface area (Å²) >= 11 is 0. The molecule has 1 aliphatic rings. The first-order valence-corrected chi connectivity index (χ1v) is 7.93. The second-order valence-corrected chi connectivity index (χ2v) is 5.73. The lowest BCUT2D eigenvalue weighted by atomic mass is 10.1. The van der Waals surface area contributed by atoms with E-state index in [2.05, 4.69) is 5.32 Å². The van der Waals surface area contributed by atoms with E-state index in [9.17, 15) is 19.1 Å². The number of piperazine rings is 1. The zero-order valence-electron chi connectivity index (χ0n) is 13.5. The maximum absolute atomic E-state index is 12.9. The van der Waals surface area contributed by atoms with Crippen LogP contribution in [0.5, 0.6) is 5.75 Å². The fourth-order valence-electron chi connectivity index (χ4n) is 2.67. The van der Waals surface area contributed by atoms with Crippen molar-refractivity contribution in [2.45, 2.75) is 0 Å². The molecule has 2 N–H and O–H groups in total. The summed E-state index contributed by atoms with van der Waals surface area (Å²) in [7, 11) is 0. The largest absolute Gasteiger partial charge is 0.507 e. The Kier molecular flexibility index (Phi) is 4.83. The van der Waals surface area contributed by atoms with Crippen molar-refractivity contribution in [2.75, 3.05) is 31.5 Å². The Morgan fingerprint density at radius 2 is 1.52 bits per heavy atom. The molecule has 0 aliphatic carbocycles. The molecule has 0 unspecified atom stereocenters. The highest BCUT2D eigenvalue weighted by molar-refractivity contribution is 5.97. The van der Waals surface area contributed by atoms with Gasteiger partial charge in [0, 0.05) is 31.9 Å². The van der Waals surface area contributed by atoms with Crippen LogP contribution in [0.4, 0.5) is 14.9 Å². The zero-order valence-corrected chi connectivity index (χ0v) is 13.5. The van der Waals surface area contributed by atoms with Gasteiger partial charge >= 0.3 is 6.03 Å². The normalized spacial score (nSPS) is 14.3. The molecular weight excluding hydrogens is 325 g/mol. The number of nitrogens with one attached hydrogen (secondary N) is 1. The van der Waals surface area contributed by atoms with Gasteiger partial charge < -0.3 is 20.2 Å². The van der Waals surface area contributed by atoms with Gasteiger partial charge in [-0.05, 0) is 36.4 Å². The molecule has 2 aromatic rings. The van der Waals surface area contributed by atoms with Gasteiger partial charge in [0.25, 0.3) is 5.91 Å². The molecule has 0 radical (unpaired) electrons. The monoisotopic (exact) mass is 343 g/mol. The van der Waals surface area contributed by atoms with Crippen LogP contribution < -0.4 is 5.32 Å². The molecule has 0 atom stereocenters. The molecule has 0 saturated carbocycles. The van der Waals surface area contributed by atoms with E-state index in [-0.39, 0.29) is 29.1 Å². The van der Waals surface area contributed by atoms with E-state index in [0.29, 0.717) is 31.9 Å². The Morgan fingerprint density at radius 3 is 2.16 bits per heavy atom. The van der Waals surface area contributed by atoms with Gasteiger partial charge in [-0.15, -0.1) is 0 Å². The molecule has 7 heteroatoms. The number of benzene rings is 2. The third kappa shape index (κ3) is 3.88. The van der Waals surface area contributed by atoms with Gasteiger partial charge in [0.2, 0.25) is 0 Å². The van der Waals surface area contributed by atoms with Crippen molar-refractivity contribution in [1.29, 1.82) is 0 Å². The van der Waals surface area contributed by atoms with Crippen molar-refractivity contribution < 1.29 is 19.1 Å². The van der Waals surface area contributed by atoms with Gasteiger partial charge in [-0.25, -0.2) is 9.18 Å². The fraction of sp³-hybridized carbons (Fsp3) is 0.222. The molecule has 1 saturated heterocycles. The molecule has 3 rings (SSSR count). The van der Waals surface area contributed by atoms with Crippen LogP contribution >= 0.6 is 0 Å². The summed E-state index contributed by atoms with van der Waals surface area (Å²) in [4.78, 5) is 27.9. The molecule has 3 amide bonds. The van der Waals surface area contributed by atoms with E-state index in [4.69, 9.17) is 0 Å². The summed E-state index contributed by atoms with van der Waals surface area (Å²) < 4.78 is 12.9. The second-order valence-electron chi connectivity index (χ2n) is 5.73.